The maximum Gasteiger partial charge on any atom is 0.341 e. The van der Waals surface area contributed by atoms with E-state index in [9.17, 15) is 9.90 Å². The molecule has 0 saturated heterocycles. The summed E-state index contributed by atoms with van der Waals surface area (Å²) >= 11 is 0. The summed E-state index contributed by atoms with van der Waals surface area (Å²) in [6.45, 7) is 2.10. The van der Waals surface area contributed by atoms with Crippen LogP contribution >= 0.6 is 0 Å². The van der Waals surface area contributed by atoms with E-state index in [0.717, 1.165) is 24.8 Å². The van der Waals surface area contributed by atoms with Crippen LogP contribution in [0.5, 0.6) is 0 Å². The normalized spacial score (nSPS) is 14.0. The molecule has 0 atom stereocenters. The van der Waals surface area contributed by atoms with Gasteiger partial charge in [-0.2, -0.15) is 0 Å². The van der Waals surface area contributed by atoms with Crippen LogP contribution in [-0.2, 0) is 6.42 Å². The SMILES string of the molecule is CCc1ccc(-c2ncc(C(=O)O)c(NC3CC3)n2)cc1. The number of carboxylic acid groups (broad SMARTS) is 1. The quantitative estimate of drug-likeness (QED) is 0.882. The molecule has 0 spiro atoms. The van der Waals surface area contributed by atoms with Gasteiger partial charge in [0, 0.05) is 17.8 Å². The van der Waals surface area contributed by atoms with E-state index in [4.69, 9.17) is 0 Å². The highest BCUT2D eigenvalue weighted by Crippen LogP contribution is 2.27. The average molecular weight is 283 g/mol. The first-order chi connectivity index (χ1) is 10.2. The molecule has 0 amide bonds. The molecule has 0 radical (unpaired) electrons. The molecule has 1 aliphatic rings. The third kappa shape index (κ3) is 3.02. The molecular weight excluding hydrogens is 266 g/mol. The fourth-order valence-electron chi connectivity index (χ4n) is 2.10. The number of aryl methyl sites for hydroxylation is 1. The van der Waals surface area contributed by atoms with Gasteiger partial charge in [0.05, 0.1) is 0 Å². The predicted octanol–water partition coefficient (Wildman–Crippen LogP) is 2.98. The van der Waals surface area contributed by atoms with E-state index in [1.807, 2.05) is 24.3 Å². The number of carboxylic acids is 1. The Morgan fingerprint density at radius 3 is 2.62 bits per heavy atom. The van der Waals surface area contributed by atoms with Crippen LogP contribution in [-0.4, -0.2) is 27.1 Å². The number of nitrogens with one attached hydrogen (secondary N) is 1. The minimum absolute atomic E-state index is 0.121. The monoisotopic (exact) mass is 283 g/mol. The zero-order valence-corrected chi connectivity index (χ0v) is 11.8. The van der Waals surface area contributed by atoms with Crippen molar-refractivity contribution in [3.05, 3.63) is 41.6 Å². The lowest BCUT2D eigenvalue weighted by atomic mass is 10.1. The molecule has 5 heteroatoms. The first kappa shape index (κ1) is 13.5. The number of nitrogens with zero attached hydrogens (tertiary/aromatic N) is 2. The van der Waals surface area contributed by atoms with E-state index in [0.29, 0.717) is 17.7 Å². The van der Waals surface area contributed by atoms with Crippen LogP contribution in [0.15, 0.2) is 30.5 Å². The second-order valence-electron chi connectivity index (χ2n) is 5.23. The van der Waals surface area contributed by atoms with Gasteiger partial charge in [-0.15, -0.1) is 0 Å². The molecule has 3 rings (SSSR count). The van der Waals surface area contributed by atoms with E-state index >= 15 is 0 Å². The van der Waals surface area contributed by atoms with Gasteiger partial charge >= 0.3 is 5.97 Å². The molecule has 108 valence electrons. The summed E-state index contributed by atoms with van der Waals surface area (Å²) in [5.74, 6) is -0.0496. The van der Waals surface area contributed by atoms with Crippen molar-refractivity contribution in [2.24, 2.45) is 0 Å². The molecule has 2 N–H and O–H groups in total. The van der Waals surface area contributed by atoms with Crippen molar-refractivity contribution in [3.63, 3.8) is 0 Å². The van der Waals surface area contributed by atoms with Crippen LogP contribution in [0.3, 0.4) is 0 Å². The molecule has 0 bridgehead atoms. The van der Waals surface area contributed by atoms with E-state index in [2.05, 4.69) is 22.2 Å². The summed E-state index contributed by atoms with van der Waals surface area (Å²) < 4.78 is 0. The molecule has 5 nitrogen and oxygen atoms in total. The molecular formula is C16H17N3O2. The number of carbonyl (C=O) groups is 1. The number of hydrogen-bond donors (Lipinski definition) is 2. The fraction of sp³-hybridized carbons (Fsp3) is 0.312. The Kier molecular flexibility index (Phi) is 3.56. The van der Waals surface area contributed by atoms with Crippen molar-refractivity contribution in [2.75, 3.05) is 5.32 Å². The first-order valence-corrected chi connectivity index (χ1v) is 7.13. The molecule has 1 aliphatic carbocycles. The fourth-order valence-corrected chi connectivity index (χ4v) is 2.10. The Bertz CT molecular complexity index is 664. The summed E-state index contributed by atoms with van der Waals surface area (Å²) in [7, 11) is 0. The maximum absolute atomic E-state index is 11.2. The van der Waals surface area contributed by atoms with Crippen LogP contribution < -0.4 is 5.32 Å². The lowest BCUT2D eigenvalue weighted by Gasteiger charge is -2.09. The third-order valence-corrected chi connectivity index (χ3v) is 3.56. The largest absolute Gasteiger partial charge is 0.477 e. The smallest absolute Gasteiger partial charge is 0.341 e. The molecule has 21 heavy (non-hydrogen) atoms. The lowest BCUT2D eigenvalue weighted by molar-refractivity contribution is 0.0697. The van der Waals surface area contributed by atoms with E-state index in [1.165, 1.54) is 11.8 Å². The zero-order valence-electron chi connectivity index (χ0n) is 11.8. The summed E-state index contributed by atoms with van der Waals surface area (Å²) in [5.41, 5.74) is 2.26. The van der Waals surface area contributed by atoms with E-state index < -0.39 is 5.97 Å². The summed E-state index contributed by atoms with van der Waals surface area (Å²) in [5, 5.41) is 12.4. The number of aromatic carboxylic acids is 1. The number of anilines is 1. The van der Waals surface area contributed by atoms with Gasteiger partial charge in [-0.25, -0.2) is 14.8 Å². The summed E-state index contributed by atoms with van der Waals surface area (Å²) in [6.07, 6.45) is 4.48. The van der Waals surface area contributed by atoms with Crippen molar-refractivity contribution in [1.29, 1.82) is 0 Å². The van der Waals surface area contributed by atoms with Crippen molar-refractivity contribution < 1.29 is 9.90 Å². The topological polar surface area (TPSA) is 75.1 Å². The van der Waals surface area contributed by atoms with Crippen molar-refractivity contribution in [3.8, 4) is 11.4 Å². The number of hydrogen-bond acceptors (Lipinski definition) is 4. The predicted molar refractivity (Wildman–Crippen MR) is 80.5 cm³/mol. The second kappa shape index (κ2) is 5.52. The summed E-state index contributed by atoms with van der Waals surface area (Å²) in [6, 6.07) is 8.36. The highest BCUT2D eigenvalue weighted by molar-refractivity contribution is 5.93. The van der Waals surface area contributed by atoms with Crippen LogP contribution in [0.2, 0.25) is 0 Å². The highest BCUT2D eigenvalue weighted by Gasteiger charge is 2.24. The molecule has 1 heterocycles. The van der Waals surface area contributed by atoms with Gasteiger partial charge in [0.1, 0.15) is 11.4 Å². The van der Waals surface area contributed by atoms with Crippen LogP contribution in [0.25, 0.3) is 11.4 Å². The van der Waals surface area contributed by atoms with Gasteiger partial charge in [-0.05, 0) is 24.8 Å². The molecule has 1 aromatic carbocycles. The van der Waals surface area contributed by atoms with E-state index in [1.54, 1.807) is 0 Å². The molecule has 2 aromatic rings. The van der Waals surface area contributed by atoms with Crippen molar-refractivity contribution >= 4 is 11.8 Å². The molecule has 1 fully saturated rings. The highest BCUT2D eigenvalue weighted by atomic mass is 16.4. The average Bonchev–Trinajstić information content (AvgIpc) is 3.31. The molecule has 1 saturated carbocycles. The standard InChI is InChI=1S/C16H17N3O2/c1-2-10-3-5-11(6-4-10)14-17-9-13(16(20)21)15(19-14)18-12-7-8-12/h3-6,9,12H,2,7-8H2,1H3,(H,20,21)(H,17,18,19). The van der Waals surface area contributed by atoms with Crippen LogP contribution in [0.1, 0.15) is 35.7 Å². The van der Waals surface area contributed by atoms with Gasteiger partial charge < -0.3 is 10.4 Å². The molecule has 1 aromatic heterocycles. The van der Waals surface area contributed by atoms with Gasteiger partial charge in [-0.1, -0.05) is 31.2 Å². The maximum atomic E-state index is 11.2. The Morgan fingerprint density at radius 1 is 1.33 bits per heavy atom. The van der Waals surface area contributed by atoms with Gasteiger partial charge in [-0.3, -0.25) is 0 Å². The van der Waals surface area contributed by atoms with Crippen LogP contribution in [0, 0.1) is 0 Å². The van der Waals surface area contributed by atoms with Gasteiger partial charge in [0.2, 0.25) is 0 Å². The number of benzene rings is 1. The Hall–Kier alpha value is -2.43. The van der Waals surface area contributed by atoms with Gasteiger partial charge in [0.15, 0.2) is 5.82 Å². The van der Waals surface area contributed by atoms with Crippen molar-refractivity contribution in [2.45, 2.75) is 32.2 Å². The lowest BCUT2D eigenvalue weighted by Crippen LogP contribution is -2.11. The second-order valence-corrected chi connectivity index (χ2v) is 5.23. The minimum atomic E-state index is -1.01. The van der Waals surface area contributed by atoms with Crippen LogP contribution in [0.4, 0.5) is 5.82 Å². The zero-order chi connectivity index (χ0) is 14.8. The number of aromatic nitrogens is 2. The molecule has 0 unspecified atom stereocenters. The Morgan fingerprint density at radius 2 is 2.05 bits per heavy atom. The Labute approximate surface area is 123 Å². The minimum Gasteiger partial charge on any atom is -0.477 e. The third-order valence-electron chi connectivity index (χ3n) is 3.56. The first-order valence-electron chi connectivity index (χ1n) is 7.13. The Balaban J connectivity index is 1.95. The van der Waals surface area contributed by atoms with Crippen molar-refractivity contribution in [1.82, 2.24) is 9.97 Å². The number of rotatable bonds is 5. The summed E-state index contributed by atoms with van der Waals surface area (Å²) in [4.78, 5) is 19.8. The molecule has 0 aliphatic heterocycles. The van der Waals surface area contributed by atoms with E-state index in [-0.39, 0.29) is 5.56 Å². The van der Waals surface area contributed by atoms with Gasteiger partial charge in [0.25, 0.3) is 0 Å².